The number of nitrogens with zero attached hydrogens (tertiary/aromatic N) is 2. The van der Waals surface area contributed by atoms with Crippen LogP contribution in [0, 0.1) is 0 Å². The number of hydrogen-bond acceptors (Lipinski definition) is 3. The van der Waals surface area contributed by atoms with Gasteiger partial charge in [0, 0.05) is 24.0 Å². The number of aromatic nitrogens is 2. The summed E-state index contributed by atoms with van der Waals surface area (Å²) in [6.07, 6.45) is 13.6. The van der Waals surface area contributed by atoms with Crippen LogP contribution < -0.4 is 5.32 Å². The van der Waals surface area contributed by atoms with Gasteiger partial charge in [0.05, 0.1) is 11.7 Å². The Hall–Kier alpha value is -0.480. The summed E-state index contributed by atoms with van der Waals surface area (Å²) in [6.45, 7) is 6.54. The Morgan fingerprint density at radius 3 is 2.62 bits per heavy atom. The van der Waals surface area contributed by atoms with E-state index in [2.05, 4.69) is 42.4 Å². The molecule has 0 atom stereocenters. The molecule has 0 amide bonds. The van der Waals surface area contributed by atoms with Crippen molar-refractivity contribution in [1.82, 2.24) is 15.1 Å². The van der Waals surface area contributed by atoms with Crippen LogP contribution in [0.1, 0.15) is 70.5 Å². The molecule has 1 N–H and O–H groups in total. The summed E-state index contributed by atoms with van der Waals surface area (Å²) in [6, 6.07) is 2.82. The standard InChI is InChI=1S/C17H31N3S/c1-4-17(5-2,21-3)14-18-13-15-11-12-20(19-15)16-9-7-6-8-10-16/h11-12,16,18H,4-10,13-14H2,1-3H3. The molecule has 1 aromatic rings. The fourth-order valence-corrected chi connectivity index (χ4v) is 4.12. The van der Waals surface area contributed by atoms with Crippen LogP contribution in [-0.2, 0) is 6.54 Å². The lowest BCUT2D eigenvalue weighted by Gasteiger charge is -2.29. The van der Waals surface area contributed by atoms with Crippen LogP contribution in [0.5, 0.6) is 0 Å². The third-order valence-corrected chi connectivity index (χ3v) is 6.68. The topological polar surface area (TPSA) is 29.9 Å². The van der Waals surface area contributed by atoms with E-state index in [0.717, 1.165) is 13.1 Å². The molecular formula is C17H31N3S. The maximum absolute atomic E-state index is 4.78. The highest BCUT2D eigenvalue weighted by molar-refractivity contribution is 8.00. The van der Waals surface area contributed by atoms with Crippen molar-refractivity contribution in [1.29, 1.82) is 0 Å². The van der Waals surface area contributed by atoms with Gasteiger partial charge in [-0.05, 0) is 38.0 Å². The summed E-state index contributed by atoms with van der Waals surface area (Å²) in [5, 5.41) is 8.39. The summed E-state index contributed by atoms with van der Waals surface area (Å²) >= 11 is 1.99. The first-order valence-electron chi connectivity index (χ1n) is 8.53. The SMILES string of the molecule is CCC(CC)(CNCc1ccn(C2CCCCC2)n1)SC. The minimum Gasteiger partial charge on any atom is -0.310 e. The Kier molecular flexibility index (Phi) is 6.62. The number of rotatable bonds is 8. The predicted molar refractivity (Wildman–Crippen MR) is 92.9 cm³/mol. The van der Waals surface area contributed by atoms with E-state index < -0.39 is 0 Å². The van der Waals surface area contributed by atoms with Crippen LogP contribution in [0.15, 0.2) is 12.3 Å². The number of hydrogen-bond donors (Lipinski definition) is 1. The molecule has 0 spiro atoms. The molecule has 3 nitrogen and oxygen atoms in total. The zero-order chi connectivity index (χ0) is 15.1. The molecule has 1 aliphatic rings. The maximum Gasteiger partial charge on any atom is 0.0762 e. The molecule has 0 unspecified atom stereocenters. The van der Waals surface area contributed by atoms with Crippen LogP contribution in [0.3, 0.4) is 0 Å². The molecule has 1 aliphatic carbocycles. The summed E-state index contributed by atoms with van der Waals surface area (Å²) in [4.78, 5) is 0. The minimum absolute atomic E-state index is 0.381. The molecule has 120 valence electrons. The van der Waals surface area contributed by atoms with Crippen LogP contribution in [0.2, 0.25) is 0 Å². The molecule has 2 rings (SSSR count). The van der Waals surface area contributed by atoms with E-state index in [9.17, 15) is 0 Å². The molecule has 0 aromatic carbocycles. The molecular weight excluding hydrogens is 278 g/mol. The average Bonchev–Trinajstić information content (AvgIpc) is 3.02. The largest absolute Gasteiger partial charge is 0.310 e. The average molecular weight is 310 g/mol. The van der Waals surface area contributed by atoms with E-state index in [1.807, 2.05) is 11.8 Å². The van der Waals surface area contributed by atoms with E-state index in [1.165, 1.54) is 50.6 Å². The van der Waals surface area contributed by atoms with Crippen molar-refractivity contribution in [3.05, 3.63) is 18.0 Å². The van der Waals surface area contributed by atoms with Gasteiger partial charge in [-0.2, -0.15) is 16.9 Å². The van der Waals surface area contributed by atoms with Gasteiger partial charge in [0.15, 0.2) is 0 Å². The fourth-order valence-electron chi connectivity index (χ4n) is 3.30. The lowest BCUT2D eigenvalue weighted by Crippen LogP contribution is -2.36. The van der Waals surface area contributed by atoms with E-state index in [0.29, 0.717) is 10.8 Å². The number of thioether (sulfide) groups is 1. The second kappa shape index (κ2) is 8.23. The van der Waals surface area contributed by atoms with Gasteiger partial charge in [-0.15, -0.1) is 0 Å². The van der Waals surface area contributed by atoms with Gasteiger partial charge in [-0.25, -0.2) is 0 Å². The molecule has 21 heavy (non-hydrogen) atoms. The van der Waals surface area contributed by atoms with Gasteiger partial charge >= 0.3 is 0 Å². The normalized spacial score (nSPS) is 17.3. The third kappa shape index (κ3) is 4.49. The van der Waals surface area contributed by atoms with Crippen LogP contribution >= 0.6 is 11.8 Å². The van der Waals surface area contributed by atoms with Gasteiger partial charge in [0.25, 0.3) is 0 Å². The number of nitrogens with one attached hydrogen (secondary N) is 1. The fraction of sp³-hybridized carbons (Fsp3) is 0.824. The van der Waals surface area contributed by atoms with Crippen molar-refractivity contribution >= 4 is 11.8 Å². The van der Waals surface area contributed by atoms with Crippen molar-refractivity contribution in [3.8, 4) is 0 Å². The van der Waals surface area contributed by atoms with Crippen molar-refractivity contribution in [3.63, 3.8) is 0 Å². The Morgan fingerprint density at radius 2 is 2.00 bits per heavy atom. The van der Waals surface area contributed by atoms with Gasteiger partial charge < -0.3 is 5.32 Å². The second-order valence-corrected chi connectivity index (χ2v) is 7.55. The molecule has 1 saturated carbocycles. The second-order valence-electron chi connectivity index (χ2n) is 6.28. The summed E-state index contributed by atoms with van der Waals surface area (Å²) < 4.78 is 2.59. The summed E-state index contributed by atoms with van der Waals surface area (Å²) in [7, 11) is 0. The Balaban J connectivity index is 1.82. The molecule has 0 bridgehead atoms. The van der Waals surface area contributed by atoms with E-state index in [1.54, 1.807) is 0 Å². The summed E-state index contributed by atoms with van der Waals surface area (Å²) in [5.41, 5.74) is 1.18. The third-order valence-electron chi connectivity index (χ3n) is 5.09. The summed E-state index contributed by atoms with van der Waals surface area (Å²) in [5.74, 6) is 0. The minimum atomic E-state index is 0.381. The van der Waals surface area contributed by atoms with Crippen molar-refractivity contribution in [2.24, 2.45) is 0 Å². The van der Waals surface area contributed by atoms with E-state index in [-0.39, 0.29) is 0 Å². The van der Waals surface area contributed by atoms with Crippen molar-refractivity contribution < 1.29 is 0 Å². The molecule has 4 heteroatoms. The molecule has 1 heterocycles. The first-order chi connectivity index (χ1) is 10.2. The zero-order valence-electron chi connectivity index (χ0n) is 13.9. The molecule has 1 fully saturated rings. The van der Waals surface area contributed by atoms with E-state index >= 15 is 0 Å². The molecule has 1 aromatic heterocycles. The lowest BCUT2D eigenvalue weighted by atomic mass is 9.96. The first-order valence-corrected chi connectivity index (χ1v) is 9.75. The monoisotopic (exact) mass is 309 g/mol. The Labute approximate surface area is 134 Å². The van der Waals surface area contributed by atoms with Gasteiger partial charge in [-0.3, -0.25) is 4.68 Å². The zero-order valence-corrected chi connectivity index (χ0v) is 14.7. The Bertz CT molecular complexity index is 398. The highest BCUT2D eigenvalue weighted by atomic mass is 32.2. The van der Waals surface area contributed by atoms with Crippen LogP contribution in [0.25, 0.3) is 0 Å². The lowest BCUT2D eigenvalue weighted by molar-refractivity contribution is 0.327. The first kappa shape index (κ1) is 16.9. The highest BCUT2D eigenvalue weighted by Crippen LogP contribution is 2.30. The Morgan fingerprint density at radius 1 is 1.29 bits per heavy atom. The van der Waals surface area contributed by atoms with Gasteiger partial charge in [0.1, 0.15) is 0 Å². The predicted octanol–water partition coefficient (Wildman–Crippen LogP) is 4.40. The highest BCUT2D eigenvalue weighted by Gasteiger charge is 2.24. The molecule has 0 saturated heterocycles. The quantitative estimate of drug-likeness (QED) is 0.772. The maximum atomic E-state index is 4.78. The van der Waals surface area contributed by atoms with E-state index in [4.69, 9.17) is 5.10 Å². The molecule has 0 aliphatic heterocycles. The van der Waals surface area contributed by atoms with Crippen molar-refractivity contribution in [2.75, 3.05) is 12.8 Å². The van der Waals surface area contributed by atoms with Gasteiger partial charge in [-0.1, -0.05) is 33.1 Å². The van der Waals surface area contributed by atoms with Crippen molar-refractivity contribution in [2.45, 2.75) is 76.1 Å². The van der Waals surface area contributed by atoms with Gasteiger partial charge in [0.2, 0.25) is 0 Å². The smallest absolute Gasteiger partial charge is 0.0762 e. The van der Waals surface area contributed by atoms with Crippen LogP contribution in [-0.4, -0.2) is 27.3 Å². The molecule has 0 radical (unpaired) electrons. The van der Waals surface area contributed by atoms with Crippen LogP contribution in [0.4, 0.5) is 0 Å².